The van der Waals surface area contributed by atoms with Gasteiger partial charge in [0, 0.05) is 0 Å². The van der Waals surface area contributed by atoms with Crippen LogP contribution >= 0.6 is 0 Å². The zero-order chi connectivity index (χ0) is 8.48. The molecule has 0 amide bonds. The quantitative estimate of drug-likeness (QED) is 0.543. The van der Waals surface area contributed by atoms with Crippen LogP contribution in [0.3, 0.4) is 0 Å². The second-order valence-electron chi connectivity index (χ2n) is 2.29. The molecule has 1 rings (SSSR count). The van der Waals surface area contributed by atoms with Crippen LogP contribution in [0.4, 0.5) is 0 Å². The Morgan fingerprint density at radius 1 is 1.25 bits per heavy atom. The fourth-order valence-corrected chi connectivity index (χ4v) is 1.19. The van der Waals surface area contributed by atoms with Crippen molar-refractivity contribution in [2.75, 3.05) is 0 Å². The van der Waals surface area contributed by atoms with Crippen LogP contribution in [0.25, 0.3) is 0 Å². The van der Waals surface area contributed by atoms with Gasteiger partial charge in [0.15, 0.2) is 0 Å². The Bertz CT molecular complexity index is 350. The first-order chi connectivity index (χ1) is 5.00. The van der Waals surface area contributed by atoms with Gasteiger partial charge in [0.25, 0.3) is 10.1 Å². The van der Waals surface area contributed by atoms with Crippen molar-refractivity contribution < 1.29 is 15.8 Å². The average Bonchev–Trinajstić information content (AvgIpc) is 1.86. The molecule has 0 aromatic heterocycles. The molecule has 1 N–H and O–H groups in total. The molecule has 3 nitrogen and oxygen atoms in total. The van der Waals surface area contributed by atoms with Gasteiger partial charge >= 0.3 is 23.1 Å². The number of aryl methyl sites for hydroxylation is 1. The number of rotatable bonds is 1. The summed E-state index contributed by atoms with van der Waals surface area (Å²) in [5, 5.41) is 0. The Balaban J connectivity index is -0.000000403. The minimum absolute atomic E-state index is 0. The molecule has 12 heavy (non-hydrogen) atoms. The Hall–Kier alpha value is -0.104. The van der Waals surface area contributed by atoms with Gasteiger partial charge in [-0.1, -0.05) is 17.7 Å². The molecule has 0 aliphatic rings. The summed E-state index contributed by atoms with van der Waals surface area (Å²) in [6.07, 6.45) is 0. The van der Waals surface area contributed by atoms with Crippen LogP contribution in [-0.2, 0) is 10.1 Å². The predicted molar refractivity (Wildman–Crippen MR) is 49.0 cm³/mol. The Labute approximate surface area is 90.7 Å². The minimum Gasteiger partial charge on any atom is -1.00 e. The van der Waals surface area contributed by atoms with Gasteiger partial charge in [-0.15, -0.1) is 0 Å². The molecule has 0 spiro atoms. The van der Waals surface area contributed by atoms with Crippen LogP contribution in [0.15, 0.2) is 29.2 Å². The third-order valence-electron chi connectivity index (χ3n) is 1.32. The topological polar surface area (TPSA) is 54.4 Å². The minimum atomic E-state index is -4.02. The molecule has 64 valence electrons. The van der Waals surface area contributed by atoms with Crippen LogP contribution in [0.5, 0.6) is 0 Å². The molecule has 0 aliphatic heterocycles. The van der Waals surface area contributed by atoms with E-state index in [2.05, 4.69) is 0 Å². The molecule has 0 unspecified atom stereocenters. The maximum atomic E-state index is 10.5. The molecule has 0 fully saturated rings. The predicted octanol–water partition coefficient (Wildman–Crippen LogP) is 1.09. The van der Waals surface area contributed by atoms with E-state index in [1.54, 1.807) is 12.1 Å². The SMILES string of the molecule is Cc1ccc(S(=O)(=O)O)cc1.[H-].[H-].[Mg+2]. The first kappa shape index (κ1) is 11.9. The number of hydrogen-bond donors (Lipinski definition) is 1. The fraction of sp³-hybridized carbons (Fsp3) is 0.143. The van der Waals surface area contributed by atoms with Gasteiger partial charge in [-0.25, -0.2) is 0 Å². The van der Waals surface area contributed by atoms with Crippen LogP contribution in [0.1, 0.15) is 8.42 Å². The van der Waals surface area contributed by atoms with Crippen LogP contribution in [0.2, 0.25) is 0 Å². The summed E-state index contributed by atoms with van der Waals surface area (Å²) in [6.45, 7) is 1.84. The van der Waals surface area contributed by atoms with E-state index in [1.807, 2.05) is 6.92 Å². The molecular formula is C7H10MgO3S. The molecule has 5 heteroatoms. The van der Waals surface area contributed by atoms with Crippen molar-refractivity contribution in [3.63, 3.8) is 0 Å². The van der Waals surface area contributed by atoms with E-state index in [0.29, 0.717) is 0 Å². The number of hydrogen-bond acceptors (Lipinski definition) is 2. The van der Waals surface area contributed by atoms with E-state index in [9.17, 15) is 8.42 Å². The van der Waals surface area contributed by atoms with Crippen molar-refractivity contribution in [2.45, 2.75) is 11.8 Å². The van der Waals surface area contributed by atoms with Gasteiger partial charge in [0.1, 0.15) is 0 Å². The van der Waals surface area contributed by atoms with Crippen molar-refractivity contribution in [3.05, 3.63) is 29.8 Å². The summed E-state index contributed by atoms with van der Waals surface area (Å²) in [5.74, 6) is 0. The number of benzene rings is 1. The van der Waals surface area contributed by atoms with Crippen molar-refractivity contribution in [1.82, 2.24) is 0 Å². The Kier molecular flexibility index (Phi) is 4.19. The van der Waals surface area contributed by atoms with Crippen molar-refractivity contribution in [3.8, 4) is 0 Å². The maximum Gasteiger partial charge on any atom is 2.00 e. The summed E-state index contributed by atoms with van der Waals surface area (Å²) in [5.41, 5.74) is 0.956. The van der Waals surface area contributed by atoms with E-state index in [1.165, 1.54) is 12.1 Å². The third-order valence-corrected chi connectivity index (χ3v) is 2.19. The molecule has 0 radical (unpaired) electrons. The standard InChI is InChI=1S/C7H8O3S.Mg.2H/c1-6-2-4-7(5-3-6)11(8,9)10;;;/h2-5H,1H3,(H,8,9,10);;;/q;+2;2*-1. The maximum absolute atomic E-state index is 10.5. The van der Waals surface area contributed by atoms with Crippen LogP contribution < -0.4 is 0 Å². The van der Waals surface area contributed by atoms with Crippen molar-refractivity contribution in [2.24, 2.45) is 0 Å². The molecule has 1 aromatic carbocycles. The normalized spacial score (nSPS) is 10.5. The Morgan fingerprint density at radius 3 is 2.00 bits per heavy atom. The van der Waals surface area contributed by atoms with E-state index in [-0.39, 0.29) is 30.8 Å². The van der Waals surface area contributed by atoms with Gasteiger partial charge in [0.2, 0.25) is 0 Å². The summed E-state index contributed by atoms with van der Waals surface area (Å²) in [4.78, 5) is -0.0666. The second kappa shape index (κ2) is 4.22. The smallest absolute Gasteiger partial charge is 1.00 e. The molecule has 0 saturated heterocycles. The summed E-state index contributed by atoms with van der Waals surface area (Å²) in [7, 11) is -4.02. The van der Waals surface area contributed by atoms with Crippen molar-refractivity contribution >= 4 is 33.2 Å². The van der Waals surface area contributed by atoms with Crippen LogP contribution in [0, 0.1) is 6.92 Å². The first-order valence-electron chi connectivity index (χ1n) is 3.04. The zero-order valence-electron chi connectivity index (χ0n) is 8.69. The van der Waals surface area contributed by atoms with E-state index in [0.717, 1.165) is 5.56 Å². The summed E-state index contributed by atoms with van der Waals surface area (Å²) < 4.78 is 29.6. The zero-order valence-corrected chi connectivity index (χ0v) is 8.92. The fourth-order valence-electron chi connectivity index (χ4n) is 0.710. The molecule has 0 saturated carbocycles. The van der Waals surface area contributed by atoms with Gasteiger partial charge in [0.05, 0.1) is 4.90 Å². The van der Waals surface area contributed by atoms with Gasteiger partial charge < -0.3 is 2.85 Å². The van der Waals surface area contributed by atoms with E-state index >= 15 is 0 Å². The molecule has 0 atom stereocenters. The summed E-state index contributed by atoms with van der Waals surface area (Å²) in [6, 6.07) is 5.99. The molecule has 0 aliphatic carbocycles. The molecular weight excluding hydrogens is 188 g/mol. The third kappa shape index (κ3) is 3.10. The monoisotopic (exact) mass is 198 g/mol. The van der Waals surface area contributed by atoms with Gasteiger partial charge in [-0.3, -0.25) is 4.55 Å². The van der Waals surface area contributed by atoms with Crippen molar-refractivity contribution in [1.29, 1.82) is 0 Å². The van der Waals surface area contributed by atoms with Gasteiger partial charge in [-0.05, 0) is 19.1 Å². The van der Waals surface area contributed by atoms with E-state index in [4.69, 9.17) is 4.55 Å². The second-order valence-corrected chi connectivity index (χ2v) is 3.71. The molecule has 0 heterocycles. The average molecular weight is 199 g/mol. The Morgan fingerprint density at radius 2 is 1.67 bits per heavy atom. The van der Waals surface area contributed by atoms with E-state index < -0.39 is 10.1 Å². The van der Waals surface area contributed by atoms with Gasteiger partial charge in [-0.2, -0.15) is 8.42 Å². The molecule has 0 bridgehead atoms. The molecule has 1 aromatic rings. The van der Waals surface area contributed by atoms with Crippen LogP contribution in [-0.4, -0.2) is 36.0 Å². The largest absolute Gasteiger partial charge is 2.00 e. The summed E-state index contributed by atoms with van der Waals surface area (Å²) >= 11 is 0. The first-order valence-corrected chi connectivity index (χ1v) is 4.48.